The van der Waals surface area contributed by atoms with Crippen molar-refractivity contribution >= 4 is 23.4 Å². The van der Waals surface area contributed by atoms with Crippen molar-refractivity contribution in [3.63, 3.8) is 0 Å². The fourth-order valence-corrected chi connectivity index (χ4v) is 5.44. The van der Waals surface area contributed by atoms with E-state index in [1.54, 1.807) is 12.1 Å². The van der Waals surface area contributed by atoms with E-state index in [0.29, 0.717) is 11.3 Å². The number of para-hydroxylation sites is 1. The molecule has 30 heavy (non-hydrogen) atoms. The van der Waals surface area contributed by atoms with Crippen LogP contribution in [0.2, 0.25) is 0 Å². The van der Waals surface area contributed by atoms with Crippen LogP contribution in [0.15, 0.2) is 48.5 Å². The van der Waals surface area contributed by atoms with Crippen molar-refractivity contribution in [3.8, 4) is 0 Å². The van der Waals surface area contributed by atoms with E-state index in [9.17, 15) is 18.8 Å². The second-order valence-electron chi connectivity index (χ2n) is 8.75. The number of benzene rings is 2. The van der Waals surface area contributed by atoms with E-state index < -0.39 is 17.4 Å². The zero-order valence-corrected chi connectivity index (χ0v) is 16.8. The van der Waals surface area contributed by atoms with Gasteiger partial charge in [0.1, 0.15) is 23.7 Å². The second kappa shape index (κ2) is 6.47. The molecule has 2 aromatic rings. The molecule has 0 bridgehead atoms. The van der Waals surface area contributed by atoms with Gasteiger partial charge in [0.2, 0.25) is 17.4 Å². The standard InChI is InChI=1S/C23H22FN3O3/c1-12(2)19-17-18(23(26-19)15-5-3-4-6-16(15)25-22(23)30)21(29)27(20(17)28)11-13-7-9-14(24)10-8-13/h3-10,12,17-19,26H,11H2,1-2H3,(H,25,30)/p+1/t17-,18-,19+,23-/m0/s1. The number of quaternary nitrogens is 1. The Balaban J connectivity index is 1.59. The van der Waals surface area contributed by atoms with Gasteiger partial charge in [-0.3, -0.25) is 19.3 Å². The molecule has 0 saturated carbocycles. The van der Waals surface area contributed by atoms with Gasteiger partial charge in [0.25, 0.3) is 5.91 Å². The summed E-state index contributed by atoms with van der Waals surface area (Å²) in [6, 6.07) is 13.0. The number of imide groups is 1. The predicted molar refractivity (Wildman–Crippen MR) is 106 cm³/mol. The Morgan fingerprint density at radius 2 is 1.77 bits per heavy atom. The summed E-state index contributed by atoms with van der Waals surface area (Å²) in [7, 11) is 0. The molecule has 3 aliphatic rings. The third-order valence-electron chi connectivity index (χ3n) is 6.82. The molecule has 5 rings (SSSR count). The lowest BCUT2D eigenvalue weighted by Gasteiger charge is -2.27. The maximum absolute atomic E-state index is 13.6. The lowest BCUT2D eigenvalue weighted by atomic mass is 9.76. The number of hydrogen-bond donors (Lipinski definition) is 2. The van der Waals surface area contributed by atoms with Crippen molar-refractivity contribution in [2.24, 2.45) is 17.8 Å². The summed E-state index contributed by atoms with van der Waals surface area (Å²) in [5, 5.41) is 4.86. The summed E-state index contributed by atoms with van der Waals surface area (Å²) in [5.41, 5.74) is 0.992. The molecule has 7 heteroatoms. The normalized spacial score (nSPS) is 29.7. The van der Waals surface area contributed by atoms with Crippen molar-refractivity contribution in [1.82, 2.24) is 4.90 Å². The minimum Gasteiger partial charge on any atom is -0.326 e. The van der Waals surface area contributed by atoms with Crippen LogP contribution < -0.4 is 10.6 Å². The summed E-state index contributed by atoms with van der Waals surface area (Å²) in [4.78, 5) is 41.5. The summed E-state index contributed by atoms with van der Waals surface area (Å²) >= 11 is 0. The van der Waals surface area contributed by atoms with Gasteiger partial charge in [0.15, 0.2) is 0 Å². The summed E-state index contributed by atoms with van der Waals surface area (Å²) in [6.07, 6.45) is 0. The minimum atomic E-state index is -1.14. The number of nitrogens with zero attached hydrogens (tertiary/aromatic N) is 1. The fraction of sp³-hybridized carbons (Fsp3) is 0.348. The van der Waals surface area contributed by atoms with Crippen LogP contribution in [0, 0.1) is 23.6 Å². The Labute approximate surface area is 173 Å². The van der Waals surface area contributed by atoms with Crippen LogP contribution in [0.3, 0.4) is 0 Å². The SMILES string of the molecule is CC(C)[C@H]1[NH2+][C@]2(C(=O)Nc3ccccc32)[C@@H]2C(=O)N(Cc3ccc(F)cc3)C(=O)[C@H]12. The van der Waals surface area contributed by atoms with E-state index in [-0.39, 0.29) is 42.0 Å². The lowest BCUT2D eigenvalue weighted by Crippen LogP contribution is -2.99. The smallest absolute Gasteiger partial charge is 0.291 e. The zero-order valence-electron chi connectivity index (χ0n) is 16.8. The van der Waals surface area contributed by atoms with Gasteiger partial charge in [-0.1, -0.05) is 44.2 Å². The van der Waals surface area contributed by atoms with E-state index in [4.69, 9.17) is 0 Å². The third kappa shape index (κ3) is 2.41. The van der Waals surface area contributed by atoms with Crippen molar-refractivity contribution in [2.45, 2.75) is 32.0 Å². The molecule has 0 radical (unpaired) electrons. The topological polar surface area (TPSA) is 83.1 Å². The van der Waals surface area contributed by atoms with Crippen LogP contribution in [0.5, 0.6) is 0 Å². The molecule has 154 valence electrons. The van der Waals surface area contributed by atoms with Crippen LogP contribution in [0.1, 0.15) is 25.0 Å². The minimum absolute atomic E-state index is 0.0785. The number of halogens is 1. The predicted octanol–water partition coefficient (Wildman–Crippen LogP) is 1.38. The number of carbonyl (C=O) groups is 3. The molecule has 0 aromatic heterocycles. The van der Waals surface area contributed by atoms with Crippen molar-refractivity contribution < 1.29 is 24.1 Å². The molecule has 2 aromatic carbocycles. The first-order valence-corrected chi connectivity index (χ1v) is 10.2. The number of anilines is 1. The van der Waals surface area contributed by atoms with Crippen molar-refractivity contribution in [1.29, 1.82) is 0 Å². The number of nitrogens with two attached hydrogens (primary N) is 1. The van der Waals surface area contributed by atoms with E-state index in [1.165, 1.54) is 17.0 Å². The van der Waals surface area contributed by atoms with E-state index in [1.807, 2.05) is 43.4 Å². The number of carbonyl (C=O) groups excluding carboxylic acids is 3. The number of amides is 3. The Morgan fingerprint density at radius 1 is 1.07 bits per heavy atom. The van der Waals surface area contributed by atoms with Crippen LogP contribution in [-0.4, -0.2) is 28.7 Å². The number of nitrogens with one attached hydrogen (secondary N) is 1. The van der Waals surface area contributed by atoms with Gasteiger partial charge in [-0.05, 0) is 23.8 Å². The molecule has 2 saturated heterocycles. The lowest BCUT2D eigenvalue weighted by molar-refractivity contribution is -0.738. The van der Waals surface area contributed by atoms with E-state index in [0.717, 1.165) is 5.56 Å². The van der Waals surface area contributed by atoms with E-state index in [2.05, 4.69) is 5.32 Å². The summed E-state index contributed by atoms with van der Waals surface area (Å²) < 4.78 is 13.3. The number of hydrogen-bond acceptors (Lipinski definition) is 3. The Kier molecular flexibility index (Phi) is 4.08. The monoisotopic (exact) mass is 408 g/mol. The average molecular weight is 408 g/mol. The van der Waals surface area contributed by atoms with Gasteiger partial charge in [-0.15, -0.1) is 0 Å². The Morgan fingerprint density at radius 3 is 2.47 bits per heavy atom. The van der Waals surface area contributed by atoms with Gasteiger partial charge in [-0.2, -0.15) is 0 Å². The van der Waals surface area contributed by atoms with Gasteiger partial charge in [0, 0.05) is 11.5 Å². The molecule has 3 aliphatic heterocycles. The molecular formula is C23H23FN3O3+. The maximum Gasteiger partial charge on any atom is 0.291 e. The highest BCUT2D eigenvalue weighted by Crippen LogP contribution is 2.50. The van der Waals surface area contributed by atoms with Crippen LogP contribution in [0.4, 0.5) is 10.1 Å². The molecule has 3 N–H and O–H groups in total. The molecule has 3 heterocycles. The largest absolute Gasteiger partial charge is 0.326 e. The molecule has 0 unspecified atom stereocenters. The molecular weight excluding hydrogens is 385 g/mol. The highest BCUT2D eigenvalue weighted by atomic mass is 19.1. The second-order valence-corrected chi connectivity index (χ2v) is 8.75. The first-order chi connectivity index (χ1) is 14.3. The average Bonchev–Trinajstić information content (AvgIpc) is 3.31. The summed E-state index contributed by atoms with van der Waals surface area (Å²) in [5.74, 6) is -2.44. The molecule has 6 nitrogen and oxygen atoms in total. The van der Waals surface area contributed by atoms with Crippen LogP contribution in [-0.2, 0) is 26.5 Å². The summed E-state index contributed by atoms with van der Waals surface area (Å²) in [6.45, 7) is 4.10. The molecule has 2 fully saturated rings. The first kappa shape index (κ1) is 18.9. The highest BCUT2D eigenvalue weighted by Gasteiger charge is 2.74. The molecule has 0 aliphatic carbocycles. The number of likely N-dealkylation sites (tertiary alicyclic amines) is 1. The van der Waals surface area contributed by atoms with Gasteiger partial charge in [-0.25, -0.2) is 4.39 Å². The molecule has 3 amide bonds. The van der Waals surface area contributed by atoms with Crippen LogP contribution in [0.25, 0.3) is 0 Å². The van der Waals surface area contributed by atoms with Gasteiger partial charge >= 0.3 is 0 Å². The quantitative estimate of drug-likeness (QED) is 0.753. The first-order valence-electron chi connectivity index (χ1n) is 10.2. The Bertz CT molecular complexity index is 1070. The zero-order chi connectivity index (χ0) is 21.2. The fourth-order valence-electron chi connectivity index (χ4n) is 5.44. The maximum atomic E-state index is 13.6. The van der Waals surface area contributed by atoms with Crippen molar-refractivity contribution in [3.05, 3.63) is 65.5 Å². The van der Waals surface area contributed by atoms with Crippen molar-refractivity contribution in [2.75, 3.05) is 5.32 Å². The number of rotatable bonds is 3. The highest BCUT2D eigenvalue weighted by molar-refractivity contribution is 6.13. The third-order valence-corrected chi connectivity index (χ3v) is 6.82. The number of fused-ring (bicyclic) bond motifs is 4. The van der Waals surface area contributed by atoms with Gasteiger partial charge in [0.05, 0.1) is 12.2 Å². The van der Waals surface area contributed by atoms with Crippen LogP contribution >= 0.6 is 0 Å². The van der Waals surface area contributed by atoms with E-state index >= 15 is 0 Å². The Hall–Kier alpha value is -3.06. The van der Waals surface area contributed by atoms with Gasteiger partial charge < -0.3 is 10.6 Å². The molecule has 4 atom stereocenters. The molecule has 1 spiro atoms.